The molecule has 5 rings (SSSR count). The summed E-state index contributed by atoms with van der Waals surface area (Å²) in [7, 11) is 0. The van der Waals surface area contributed by atoms with Gasteiger partial charge in [0.2, 0.25) is 5.91 Å². The Morgan fingerprint density at radius 1 is 1.15 bits per heavy atom. The standard InChI is InChI=1S/C29H36N6O5/c1-18-8-9-23(25(36)32-18)35-26(37)21-6-5-7-22(24(21)27(35)38)30-14-19-15-31-34(16-19)20-10-12-33(13-11-20)28(39)40-17-29(2,3)4/h5-7,15-16,20,23,30H,1,8-14,17H2,2-4H3,(H,32,36). The minimum atomic E-state index is -0.851. The van der Waals surface area contributed by atoms with Crippen LogP contribution < -0.4 is 10.6 Å². The number of piperidine rings is 2. The molecule has 11 nitrogen and oxygen atoms in total. The number of anilines is 1. The number of ether oxygens (including phenoxy) is 1. The molecule has 1 atom stereocenters. The van der Waals surface area contributed by atoms with Crippen molar-refractivity contribution in [2.24, 2.45) is 5.41 Å². The van der Waals surface area contributed by atoms with Crippen LogP contribution in [0.4, 0.5) is 10.5 Å². The largest absolute Gasteiger partial charge is 0.449 e. The Bertz CT molecular complexity index is 1350. The van der Waals surface area contributed by atoms with Crippen LogP contribution in [0.5, 0.6) is 0 Å². The van der Waals surface area contributed by atoms with Gasteiger partial charge in [0, 0.05) is 42.8 Å². The lowest BCUT2D eigenvalue weighted by Gasteiger charge is -2.32. The van der Waals surface area contributed by atoms with Gasteiger partial charge >= 0.3 is 6.09 Å². The van der Waals surface area contributed by atoms with Gasteiger partial charge in [-0.25, -0.2) is 4.79 Å². The van der Waals surface area contributed by atoms with E-state index < -0.39 is 17.9 Å². The number of hydrogen-bond acceptors (Lipinski definition) is 7. The van der Waals surface area contributed by atoms with Crippen LogP contribution in [0.15, 0.2) is 42.9 Å². The predicted octanol–water partition coefficient (Wildman–Crippen LogP) is 3.70. The van der Waals surface area contributed by atoms with Gasteiger partial charge in [-0.3, -0.25) is 24.0 Å². The fraction of sp³-hybridized carbons (Fsp3) is 0.483. The van der Waals surface area contributed by atoms with Gasteiger partial charge in [-0.1, -0.05) is 33.4 Å². The molecule has 212 valence electrons. The number of carbonyl (C=O) groups excluding carboxylic acids is 4. The lowest BCUT2D eigenvalue weighted by molar-refractivity contribution is -0.125. The van der Waals surface area contributed by atoms with Crippen LogP contribution in [-0.4, -0.2) is 69.1 Å². The molecule has 2 fully saturated rings. The summed E-state index contributed by atoms with van der Waals surface area (Å²) in [6, 6.07) is 4.42. The summed E-state index contributed by atoms with van der Waals surface area (Å²) in [6.07, 6.45) is 5.90. The number of imide groups is 1. The smallest absolute Gasteiger partial charge is 0.409 e. The highest BCUT2D eigenvalue weighted by molar-refractivity contribution is 6.25. The lowest BCUT2D eigenvalue weighted by atomic mass is 9.99. The number of benzene rings is 1. The van der Waals surface area contributed by atoms with Crippen LogP contribution in [0.25, 0.3) is 0 Å². The van der Waals surface area contributed by atoms with Crippen molar-refractivity contribution >= 4 is 29.5 Å². The summed E-state index contributed by atoms with van der Waals surface area (Å²) >= 11 is 0. The van der Waals surface area contributed by atoms with E-state index in [0.29, 0.717) is 50.5 Å². The molecular weight excluding hydrogens is 512 g/mol. The second-order valence-electron chi connectivity index (χ2n) is 11.9. The number of nitrogens with one attached hydrogen (secondary N) is 2. The molecular formula is C29H36N6O5. The minimum absolute atomic E-state index is 0.0720. The average Bonchev–Trinajstić information content (AvgIpc) is 3.49. The highest BCUT2D eigenvalue weighted by atomic mass is 16.6. The van der Waals surface area contributed by atoms with Gasteiger partial charge in [0.05, 0.1) is 30.0 Å². The van der Waals surface area contributed by atoms with Gasteiger partial charge in [0.1, 0.15) is 6.04 Å². The van der Waals surface area contributed by atoms with E-state index in [2.05, 4.69) is 22.3 Å². The molecule has 40 heavy (non-hydrogen) atoms. The van der Waals surface area contributed by atoms with Crippen LogP contribution in [0, 0.1) is 5.41 Å². The summed E-state index contributed by atoms with van der Waals surface area (Å²) in [5.74, 6) is -1.32. The molecule has 2 aromatic rings. The van der Waals surface area contributed by atoms with Crippen LogP contribution in [0.3, 0.4) is 0 Å². The second kappa shape index (κ2) is 10.8. The predicted molar refractivity (Wildman–Crippen MR) is 147 cm³/mol. The van der Waals surface area contributed by atoms with E-state index in [-0.39, 0.29) is 34.6 Å². The van der Waals surface area contributed by atoms with Gasteiger partial charge in [-0.05, 0) is 43.2 Å². The highest BCUT2D eigenvalue weighted by Crippen LogP contribution is 2.33. The molecule has 3 aliphatic rings. The van der Waals surface area contributed by atoms with E-state index in [1.807, 2.05) is 31.6 Å². The Balaban J connectivity index is 1.19. The zero-order valence-electron chi connectivity index (χ0n) is 23.2. The van der Waals surface area contributed by atoms with Crippen molar-refractivity contribution in [2.45, 2.75) is 65.1 Å². The van der Waals surface area contributed by atoms with E-state index in [4.69, 9.17) is 4.74 Å². The van der Waals surface area contributed by atoms with Gasteiger partial charge in [0.25, 0.3) is 11.8 Å². The molecule has 0 aliphatic carbocycles. The molecule has 0 spiro atoms. The monoisotopic (exact) mass is 548 g/mol. The first-order valence-corrected chi connectivity index (χ1v) is 13.7. The molecule has 4 heterocycles. The maximum atomic E-state index is 13.3. The molecule has 4 amide bonds. The van der Waals surface area contributed by atoms with E-state index in [0.717, 1.165) is 23.3 Å². The lowest BCUT2D eigenvalue weighted by Crippen LogP contribution is -2.51. The molecule has 0 bridgehead atoms. The third-order valence-electron chi connectivity index (χ3n) is 7.44. The molecule has 1 unspecified atom stereocenters. The van der Waals surface area contributed by atoms with Crippen molar-refractivity contribution in [3.05, 3.63) is 59.6 Å². The van der Waals surface area contributed by atoms with Crippen molar-refractivity contribution in [1.82, 2.24) is 24.9 Å². The van der Waals surface area contributed by atoms with E-state index >= 15 is 0 Å². The quantitative estimate of drug-likeness (QED) is 0.527. The average molecular weight is 549 g/mol. The first-order chi connectivity index (χ1) is 19.0. The number of amides is 4. The van der Waals surface area contributed by atoms with Crippen LogP contribution in [0.2, 0.25) is 0 Å². The number of hydrogen-bond donors (Lipinski definition) is 2. The Morgan fingerprint density at radius 2 is 1.90 bits per heavy atom. The van der Waals surface area contributed by atoms with Gasteiger partial charge in [0.15, 0.2) is 0 Å². The van der Waals surface area contributed by atoms with E-state index in [9.17, 15) is 19.2 Å². The minimum Gasteiger partial charge on any atom is -0.449 e. The van der Waals surface area contributed by atoms with Crippen molar-refractivity contribution in [3.63, 3.8) is 0 Å². The maximum Gasteiger partial charge on any atom is 0.409 e. The van der Waals surface area contributed by atoms with Crippen LogP contribution >= 0.6 is 0 Å². The second-order valence-corrected chi connectivity index (χ2v) is 11.9. The fourth-order valence-electron chi connectivity index (χ4n) is 5.29. The van der Waals surface area contributed by atoms with Crippen molar-refractivity contribution in [3.8, 4) is 0 Å². The van der Waals surface area contributed by atoms with E-state index in [1.54, 1.807) is 29.3 Å². The van der Waals surface area contributed by atoms with Crippen molar-refractivity contribution < 1.29 is 23.9 Å². The normalized spacial score (nSPS) is 20.0. The number of carbonyl (C=O) groups is 4. The van der Waals surface area contributed by atoms with Gasteiger partial charge in [-0.2, -0.15) is 5.10 Å². The zero-order valence-corrected chi connectivity index (χ0v) is 23.2. The number of allylic oxidation sites excluding steroid dienone is 1. The molecule has 2 N–H and O–H groups in total. The molecule has 0 radical (unpaired) electrons. The third-order valence-corrected chi connectivity index (χ3v) is 7.44. The molecule has 2 saturated heterocycles. The number of fused-ring (bicyclic) bond motifs is 1. The number of rotatable bonds is 6. The van der Waals surface area contributed by atoms with Crippen molar-refractivity contribution in [1.29, 1.82) is 0 Å². The summed E-state index contributed by atoms with van der Waals surface area (Å²) in [5, 5.41) is 10.5. The topological polar surface area (TPSA) is 126 Å². The van der Waals surface area contributed by atoms with Gasteiger partial charge in [-0.15, -0.1) is 0 Å². The Hall–Kier alpha value is -4.15. The fourth-order valence-corrected chi connectivity index (χ4v) is 5.29. The number of aromatic nitrogens is 2. The summed E-state index contributed by atoms with van der Waals surface area (Å²) in [5.41, 5.74) is 2.54. The van der Waals surface area contributed by atoms with Crippen LogP contribution in [0.1, 0.15) is 78.8 Å². The SMILES string of the molecule is C=C1CCC(N2C(=O)c3cccc(NCc4cnn(C5CCN(C(=O)OCC(C)(C)C)CC5)c4)c3C2=O)C(=O)N1. The summed E-state index contributed by atoms with van der Waals surface area (Å²) in [6.45, 7) is 11.9. The van der Waals surface area contributed by atoms with Crippen LogP contribution in [-0.2, 0) is 16.1 Å². The molecule has 0 saturated carbocycles. The number of nitrogens with zero attached hydrogens (tertiary/aromatic N) is 4. The Labute approximate surface area is 233 Å². The molecule has 3 aliphatic heterocycles. The van der Waals surface area contributed by atoms with Gasteiger partial charge < -0.3 is 20.3 Å². The molecule has 1 aromatic carbocycles. The van der Waals surface area contributed by atoms with E-state index in [1.165, 1.54) is 0 Å². The summed E-state index contributed by atoms with van der Waals surface area (Å²) < 4.78 is 7.37. The molecule has 11 heteroatoms. The third kappa shape index (κ3) is 5.59. The number of likely N-dealkylation sites (tertiary alicyclic amines) is 1. The Morgan fingerprint density at radius 3 is 2.60 bits per heavy atom. The summed E-state index contributed by atoms with van der Waals surface area (Å²) in [4.78, 5) is 54.2. The highest BCUT2D eigenvalue weighted by Gasteiger charge is 2.45. The maximum absolute atomic E-state index is 13.3. The first-order valence-electron chi connectivity index (χ1n) is 13.7. The zero-order chi connectivity index (χ0) is 28.6. The molecule has 1 aromatic heterocycles. The Kier molecular flexibility index (Phi) is 7.39. The first kappa shape index (κ1) is 27.4. The van der Waals surface area contributed by atoms with Crippen molar-refractivity contribution in [2.75, 3.05) is 25.0 Å².